The molecule has 1 unspecified atom stereocenters. The molecule has 0 saturated heterocycles. The van der Waals surface area contributed by atoms with Crippen LogP contribution in [0.2, 0.25) is 0 Å². The fraction of sp³-hybridized carbons (Fsp3) is 0.529. The highest BCUT2D eigenvalue weighted by molar-refractivity contribution is 5.85. The van der Waals surface area contributed by atoms with Crippen LogP contribution in [-0.4, -0.2) is 23.0 Å². The molecule has 1 aromatic carbocycles. The first kappa shape index (κ1) is 15.5. The van der Waals surface area contributed by atoms with E-state index in [1.54, 1.807) is 0 Å². The Balaban J connectivity index is 1.98. The minimum absolute atomic E-state index is 0.0803. The first-order chi connectivity index (χ1) is 10.1. The van der Waals surface area contributed by atoms with Gasteiger partial charge in [-0.1, -0.05) is 37.3 Å². The molecule has 1 fully saturated rings. The van der Waals surface area contributed by atoms with Gasteiger partial charge < -0.3 is 10.4 Å². The highest BCUT2D eigenvalue weighted by Crippen LogP contribution is 2.48. The van der Waals surface area contributed by atoms with Crippen LogP contribution in [0.3, 0.4) is 0 Å². The van der Waals surface area contributed by atoms with E-state index >= 15 is 0 Å². The molecule has 0 aromatic heterocycles. The second-order valence-electron chi connectivity index (χ2n) is 5.93. The second kappa shape index (κ2) is 6.74. The number of amides is 1. The number of carboxylic acid groups (broad SMARTS) is 1. The van der Waals surface area contributed by atoms with Crippen LogP contribution in [0.5, 0.6) is 0 Å². The summed E-state index contributed by atoms with van der Waals surface area (Å²) in [7, 11) is 0. The van der Waals surface area contributed by atoms with Gasteiger partial charge in [0.05, 0.1) is 0 Å². The Morgan fingerprint density at radius 1 is 1.29 bits per heavy atom. The van der Waals surface area contributed by atoms with Crippen molar-refractivity contribution in [3.63, 3.8) is 0 Å². The zero-order valence-electron chi connectivity index (χ0n) is 12.5. The zero-order chi connectivity index (χ0) is 15.3. The lowest BCUT2D eigenvalue weighted by atomic mass is 9.98. The van der Waals surface area contributed by atoms with Gasteiger partial charge in [-0.25, -0.2) is 0 Å². The van der Waals surface area contributed by atoms with E-state index in [0.717, 1.165) is 24.8 Å². The molecule has 1 aromatic rings. The molecule has 0 bridgehead atoms. The molecule has 21 heavy (non-hydrogen) atoms. The number of aliphatic carboxylic acids is 1. The predicted octanol–water partition coefficient (Wildman–Crippen LogP) is 2.77. The van der Waals surface area contributed by atoms with Crippen LogP contribution in [0, 0.1) is 5.41 Å². The van der Waals surface area contributed by atoms with Gasteiger partial charge in [-0.3, -0.25) is 9.59 Å². The van der Waals surface area contributed by atoms with Gasteiger partial charge in [-0.2, -0.15) is 0 Å². The van der Waals surface area contributed by atoms with E-state index in [1.165, 1.54) is 0 Å². The Kier molecular flexibility index (Phi) is 4.99. The van der Waals surface area contributed by atoms with Crippen LogP contribution in [0.25, 0.3) is 0 Å². The molecule has 0 spiro atoms. The second-order valence-corrected chi connectivity index (χ2v) is 5.93. The van der Waals surface area contributed by atoms with Crippen molar-refractivity contribution >= 4 is 11.9 Å². The Morgan fingerprint density at radius 2 is 1.95 bits per heavy atom. The predicted molar refractivity (Wildman–Crippen MR) is 80.9 cm³/mol. The summed E-state index contributed by atoms with van der Waals surface area (Å²) in [5, 5.41) is 11.9. The number of rotatable bonds is 8. The van der Waals surface area contributed by atoms with Crippen LogP contribution in [0.4, 0.5) is 0 Å². The van der Waals surface area contributed by atoms with E-state index < -0.39 is 5.97 Å². The lowest BCUT2D eigenvalue weighted by Crippen LogP contribution is -2.41. The van der Waals surface area contributed by atoms with Crippen molar-refractivity contribution in [1.82, 2.24) is 5.32 Å². The number of benzene rings is 1. The van der Waals surface area contributed by atoms with Crippen molar-refractivity contribution in [3.05, 3.63) is 35.9 Å². The van der Waals surface area contributed by atoms with Gasteiger partial charge in [-0.15, -0.1) is 0 Å². The van der Waals surface area contributed by atoms with Crippen LogP contribution >= 0.6 is 0 Å². The summed E-state index contributed by atoms with van der Waals surface area (Å²) in [6, 6.07) is 9.77. The van der Waals surface area contributed by atoms with E-state index in [0.29, 0.717) is 12.8 Å². The quantitative estimate of drug-likeness (QED) is 0.773. The molecular formula is C17H23NO3. The topological polar surface area (TPSA) is 66.4 Å². The molecule has 2 rings (SSSR count). The van der Waals surface area contributed by atoms with Gasteiger partial charge in [0.1, 0.15) is 0 Å². The molecule has 1 aliphatic carbocycles. The van der Waals surface area contributed by atoms with Crippen molar-refractivity contribution in [1.29, 1.82) is 0 Å². The maximum Gasteiger partial charge on any atom is 0.303 e. The van der Waals surface area contributed by atoms with E-state index in [9.17, 15) is 9.59 Å². The Bertz CT molecular complexity index is 494. The van der Waals surface area contributed by atoms with Gasteiger partial charge in [-0.05, 0) is 37.7 Å². The first-order valence-electron chi connectivity index (χ1n) is 7.62. The molecule has 4 heteroatoms. The highest BCUT2D eigenvalue weighted by Gasteiger charge is 2.48. The summed E-state index contributed by atoms with van der Waals surface area (Å²) < 4.78 is 0. The van der Waals surface area contributed by atoms with E-state index in [4.69, 9.17) is 5.11 Å². The molecule has 2 N–H and O–H groups in total. The summed E-state index contributed by atoms with van der Waals surface area (Å²) in [5.74, 6) is -0.727. The Hall–Kier alpha value is -1.84. The molecule has 4 nitrogen and oxygen atoms in total. The number of nitrogens with one attached hydrogen (secondary N) is 1. The largest absolute Gasteiger partial charge is 0.481 e. The third kappa shape index (κ3) is 4.31. The number of carbonyl (C=O) groups excluding carboxylic acids is 1. The molecule has 0 radical (unpaired) electrons. The molecule has 1 amide bonds. The van der Waals surface area contributed by atoms with E-state index in [2.05, 4.69) is 5.32 Å². The average molecular weight is 289 g/mol. The van der Waals surface area contributed by atoms with Crippen LogP contribution in [-0.2, 0) is 16.0 Å². The molecule has 114 valence electrons. The van der Waals surface area contributed by atoms with Crippen LogP contribution in [0.15, 0.2) is 30.3 Å². The standard InChI is InChI=1S/C17H23NO3/c1-2-17(10-11-17)16(21)18-14(8-9-15(19)20)12-13-6-4-3-5-7-13/h3-7,14H,2,8-12H2,1H3,(H,18,21)(H,19,20). The fourth-order valence-electron chi connectivity index (χ4n) is 2.65. The van der Waals surface area contributed by atoms with Gasteiger partial charge in [0.25, 0.3) is 0 Å². The fourth-order valence-corrected chi connectivity index (χ4v) is 2.65. The smallest absolute Gasteiger partial charge is 0.303 e. The van der Waals surface area contributed by atoms with E-state index in [1.807, 2.05) is 37.3 Å². The lowest BCUT2D eigenvalue weighted by Gasteiger charge is -2.21. The highest BCUT2D eigenvalue weighted by atomic mass is 16.4. The van der Waals surface area contributed by atoms with Crippen molar-refractivity contribution in [2.24, 2.45) is 5.41 Å². The number of carbonyl (C=O) groups is 2. The normalized spacial score (nSPS) is 17.0. The van der Waals surface area contributed by atoms with Crippen molar-refractivity contribution in [2.75, 3.05) is 0 Å². The van der Waals surface area contributed by atoms with E-state index in [-0.39, 0.29) is 23.8 Å². The summed E-state index contributed by atoms with van der Waals surface area (Å²) in [5.41, 5.74) is 0.938. The third-order valence-electron chi connectivity index (χ3n) is 4.38. The van der Waals surface area contributed by atoms with Crippen molar-refractivity contribution in [2.45, 2.75) is 51.5 Å². The van der Waals surface area contributed by atoms with Crippen molar-refractivity contribution < 1.29 is 14.7 Å². The molecular weight excluding hydrogens is 266 g/mol. The lowest BCUT2D eigenvalue weighted by molar-refractivity contribution is -0.137. The summed E-state index contributed by atoms with van der Waals surface area (Å²) in [6.45, 7) is 2.04. The Morgan fingerprint density at radius 3 is 2.48 bits per heavy atom. The minimum atomic E-state index is -0.820. The minimum Gasteiger partial charge on any atom is -0.481 e. The van der Waals surface area contributed by atoms with Crippen LogP contribution in [0.1, 0.15) is 44.6 Å². The number of hydrogen-bond donors (Lipinski definition) is 2. The molecule has 0 heterocycles. The van der Waals surface area contributed by atoms with Gasteiger partial charge in [0.2, 0.25) is 5.91 Å². The monoisotopic (exact) mass is 289 g/mol. The van der Waals surface area contributed by atoms with Gasteiger partial charge >= 0.3 is 5.97 Å². The van der Waals surface area contributed by atoms with Gasteiger partial charge in [0, 0.05) is 17.9 Å². The SMILES string of the molecule is CCC1(C(=O)NC(CCC(=O)O)Cc2ccccc2)CC1. The molecule has 1 aliphatic rings. The average Bonchev–Trinajstić information content (AvgIpc) is 3.27. The summed E-state index contributed by atoms with van der Waals surface area (Å²) in [6.07, 6.45) is 3.99. The number of hydrogen-bond acceptors (Lipinski definition) is 2. The molecule has 0 aliphatic heterocycles. The van der Waals surface area contributed by atoms with Crippen LogP contribution < -0.4 is 5.32 Å². The Labute approximate surface area is 125 Å². The number of carboxylic acids is 1. The molecule has 1 saturated carbocycles. The third-order valence-corrected chi connectivity index (χ3v) is 4.38. The summed E-state index contributed by atoms with van der Waals surface area (Å²) >= 11 is 0. The molecule has 1 atom stereocenters. The summed E-state index contributed by atoms with van der Waals surface area (Å²) in [4.78, 5) is 23.1. The first-order valence-corrected chi connectivity index (χ1v) is 7.62. The van der Waals surface area contributed by atoms with Crippen molar-refractivity contribution in [3.8, 4) is 0 Å². The van der Waals surface area contributed by atoms with Gasteiger partial charge in [0.15, 0.2) is 0 Å². The zero-order valence-corrected chi connectivity index (χ0v) is 12.5. The maximum atomic E-state index is 12.3. The maximum absolute atomic E-state index is 12.3.